The predicted molar refractivity (Wildman–Crippen MR) is 85.6 cm³/mol. The first-order valence-electron chi connectivity index (χ1n) is 7.48. The minimum atomic E-state index is 0.615. The molecule has 114 valence electrons. The molecular weight excluding hydrogens is 250 g/mol. The van der Waals surface area contributed by atoms with E-state index in [0.29, 0.717) is 23.6 Å². The van der Waals surface area contributed by atoms with Crippen LogP contribution in [0.1, 0.15) is 46.0 Å². The van der Waals surface area contributed by atoms with E-state index in [2.05, 4.69) is 48.4 Å². The average molecular weight is 279 g/mol. The van der Waals surface area contributed by atoms with Gasteiger partial charge in [0.1, 0.15) is 17.5 Å². The minimum absolute atomic E-state index is 0.615. The van der Waals surface area contributed by atoms with Crippen molar-refractivity contribution in [2.45, 2.75) is 48.0 Å². The van der Waals surface area contributed by atoms with Gasteiger partial charge in [-0.15, -0.1) is 0 Å². The van der Waals surface area contributed by atoms with Gasteiger partial charge in [0.2, 0.25) is 0 Å². The summed E-state index contributed by atoms with van der Waals surface area (Å²) >= 11 is 0. The fourth-order valence-corrected chi connectivity index (χ4v) is 2.49. The molecule has 5 heteroatoms. The third-order valence-electron chi connectivity index (χ3n) is 3.86. The van der Waals surface area contributed by atoms with Gasteiger partial charge in [-0.3, -0.25) is 0 Å². The standard InChI is InChI=1S/C15H29N5/c1-7-13-18-14(11(6)15(19-13)20-16)17-8-12(9(2)3)10(4)5/h9-10,12H,7-8,16H2,1-6H3,(H2,17,18,19,20). The molecule has 1 heterocycles. The number of anilines is 2. The Morgan fingerprint density at radius 3 is 2.05 bits per heavy atom. The molecule has 20 heavy (non-hydrogen) atoms. The number of nitrogens with two attached hydrogens (primary N) is 1. The summed E-state index contributed by atoms with van der Waals surface area (Å²) in [5, 5.41) is 3.48. The molecule has 0 amide bonds. The molecule has 1 aromatic heterocycles. The lowest BCUT2D eigenvalue weighted by Crippen LogP contribution is -2.25. The van der Waals surface area contributed by atoms with Crippen LogP contribution in [0, 0.1) is 24.7 Å². The molecule has 0 saturated carbocycles. The molecule has 0 aliphatic carbocycles. The van der Waals surface area contributed by atoms with Crippen molar-refractivity contribution in [3.8, 4) is 0 Å². The zero-order chi connectivity index (χ0) is 15.3. The number of nitrogen functional groups attached to an aromatic ring is 1. The number of hydrogen-bond acceptors (Lipinski definition) is 5. The van der Waals surface area contributed by atoms with Crippen molar-refractivity contribution in [3.05, 3.63) is 11.4 Å². The second-order valence-electron chi connectivity index (χ2n) is 5.99. The van der Waals surface area contributed by atoms with Gasteiger partial charge < -0.3 is 10.7 Å². The van der Waals surface area contributed by atoms with Crippen LogP contribution in [0.5, 0.6) is 0 Å². The normalized spacial score (nSPS) is 11.5. The fraction of sp³-hybridized carbons (Fsp3) is 0.733. The number of rotatable bonds is 7. The van der Waals surface area contributed by atoms with E-state index in [1.54, 1.807) is 0 Å². The van der Waals surface area contributed by atoms with Gasteiger partial charge in [-0.25, -0.2) is 15.8 Å². The van der Waals surface area contributed by atoms with Gasteiger partial charge in [-0.05, 0) is 24.7 Å². The number of nitrogens with zero attached hydrogens (tertiary/aromatic N) is 2. The Kier molecular flexibility index (Phi) is 6.20. The quantitative estimate of drug-likeness (QED) is 0.528. The van der Waals surface area contributed by atoms with Crippen molar-refractivity contribution in [1.29, 1.82) is 0 Å². The van der Waals surface area contributed by atoms with Crippen LogP contribution >= 0.6 is 0 Å². The first-order valence-corrected chi connectivity index (χ1v) is 7.48. The molecule has 0 unspecified atom stereocenters. The molecule has 0 aromatic carbocycles. The number of nitrogens with one attached hydrogen (secondary N) is 2. The summed E-state index contributed by atoms with van der Waals surface area (Å²) in [5.41, 5.74) is 3.62. The van der Waals surface area contributed by atoms with Gasteiger partial charge >= 0.3 is 0 Å². The van der Waals surface area contributed by atoms with E-state index in [-0.39, 0.29) is 0 Å². The highest BCUT2D eigenvalue weighted by atomic mass is 15.3. The number of hydrazine groups is 1. The Bertz CT molecular complexity index is 421. The maximum absolute atomic E-state index is 5.53. The molecule has 0 atom stereocenters. The summed E-state index contributed by atoms with van der Waals surface area (Å²) in [5.74, 6) is 9.81. The molecule has 0 aliphatic rings. The van der Waals surface area contributed by atoms with E-state index >= 15 is 0 Å². The zero-order valence-corrected chi connectivity index (χ0v) is 13.6. The monoisotopic (exact) mass is 279 g/mol. The van der Waals surface area contributed by atoms with Crippen LogP contribution in [-0.4, -0.2) is 16.5 Å². The van der Waals surface area contributed by atoms with Crippen LogP contribution in [0.25, 0.3) is 0 Å². The van der Waals surface area contributed by atoms with Gasteiger partial charge in [-0.2, -0.15) is 0 Å². The molecule has 0 fully saturated rings. The highest BCUT2D eigenvalue weighted by molar-refractivity contribution is 5.56. The van der Waals surface area contributed by atoms with Crippen molar-refractivity contribution in [1.82, 2.24) is 9.97 Å². The van der Waals surface area contributed by atoms with Crippen molar-refractivity contribution < 1.29 is 0 Å². The van der Waals surface area contributed by atoms with E-state index < -0.39 is 0 Å². The maximum atomic E-state index is 5.53. The van der Waals surface area contributed by atoms with Crippen LogP contribution in [0.15, 0.2) is 0 Å². The van der Waals surface area contributed by atoms with Crippen molar-refractivity contribution in [2.75, 3.05) is 17.3 Å². The molecule has 0 saturated heterocycles. The second kappa shape index (κ2) is 7.43. The van der Waals surface area contributed by atoms with Crippen LogP contribution in [0.3, 0.4) is 0 Å². The van der Waals surface area contributed by atoms with Crippen molar-refractivity contribution in [2.24, 2.45) is 23.6 Å². The summed E-state index contributed by atoms with van der Waals surface area (Å²) in [6.45, 7) is 14.0. The van der Waals surface area contributed by atoms with Crippen LogP contribution in [0.2, 0.25) is 0 Å². The first-order chi connectivity index (χ1) is 9.40. The zero-order valence-electron chi connectivity index (χ0n) is 13.6. The second-order valence-corrected chi connectivity index (χ2v) is 5.99. The minimum Gasteiger partial charge on any atom is -0.369 e. The molecule has 1 rings (SSSR count). The SMILES string of the molecule is CCc1nc(NN)c(C)c(NCC(C(C)C)C(C)C)n1. The summed E-state index contributed by atoms with van der Waals surface area (Å²) in [4.78, 5) is 8.95. The number of aryl methyl sites for hydroxylation is 1. The molecule has 1 aromatic rings. The van der Waals surface area contributed by atoms with Gasteiger partial charge in [0.15, 0.2) is 0 Å². The Morgan fingerprint density at radius 2 is 1.60 bits per heavy atom. The Balaban J connectivity index is 2.91. The third-order valence-corrected chi connectivity index (χ3v) is 3.86. The van der Waals surface area contributed by atoms with Crippen LogP contribution in [-0.2, 0) is 6.42 Å². The van der Waals surface area contributed by atoms with Gasteiger partial charge in [0.05, 0.1) is 0 Å². The molecule has 0 radical (unpaired) electrons. The Hall–Kier alpha value is -1.36. The molecule has 0 spiro atoms. The summed E-state index contributed by atoms with van der Waals surface area (Å²) < 4.78 is 0. The van der Waals surface area contributed by atoms with E-state index in [4.69, 9.17) is 5.84 Å². The van der Waals surface area contributed by atoms with E-state index in [0.717, 1.165) is 30.2 Å². The lowest BCUT2D eigenvalue weighted by molar-refractivity contribution is 0.304. The van der Waals surface area contributed by atoms with E-state index in [1.807, 2.05) is 13.8 Å². The first kappa shape index (κ1) is 16.7. The van der Waals surface area contributed by atoms with Crippen LogP contribution < -0.4 is 16.6 Å². The predicted octanol–water partition coefficient (Wildman–Crippen LogP) is 2.97. The third kappa shape index (κ3) is 4.07. The van der Waals surface area contributed by atoms with E-state index in [1.165, 1.54) is 0 Å². The lowest BCUT2D eigenvalue weighted by Gasteiger charge is -2.26. The number of hydrogen-bond donors (Lipinski definition) is 3. The summed E-state index contributed by atoms with van der Waals surface area (Å²) in [6.07, 6.45) is 0.793. The van der Waals surface area contributed by atoms with Gasteiger partial charge in [0, 0.05) is 18.5 Å². The molecule has 0 bridgehead atoms. The van der Waals surface area contributed by atoms with Crippen LogP contribution in [0.4, 0.5) is 11.6 Å². The largest absolute Gasteiger partial charge is 0.369 e. The molecule has 5 nitrogen and oxygen atoms in total. The highest BCUT2D eigenvalue weighted by Gasteiger charge is 2.18. The van der Waals surface area contributed by atoms with E-state index in [9.17, 15) is 0 Å². The van der Waals surface area contributed by atoms with Crippen molar-refractivity contribution in [3.63, 3.8) is 0 Å². The number of aromatic nitrogens is 2. The molecule has 4 N–H and O–H groups in total. The fourth-order valence-electron chi connectivity index (χ4n) is 2.49. The smallest absolute Gasteiger partial charge is 0.148 e. The lowest BCUT2D eigenvalue weighted by atomic mass is 9.85. The van der Waals surface area contributed by atoms with Gasteiger partial charge in [-0.1, -0.05) is 34.6 Å². The van der Waals surface area contributed by atoms with Crippen molar-refractivity contribution >= 4 is 11.6 Å². The Morgan fingerprint density at radius 1 is 1.05 bits per heavy atom. The molecular formula is C15H29N5. The summed E-state index contributed by atoms with van der Waals surface area (Å²) in [7, 11) is 0. The molecule has 0 aliphatic heterocycles. The average Bonchev–Trinajstić information content (AvgIpc) is 2.39. The topological polar surface area (TPSA) is 75.9 Å². The maximum Gasteiger partial charge on any atom is 0.148 e. The summed E-state index contributed by atoms with van der Waals surface area (Å²) in [6, 6.07) is 0. The van der Waals surface area contributed by atoms with Gasteiger partial charge in [0.25, 0.3) is 0 Å². The Labute approximate surface area is 122 Å². The highest BCUT2D eigenvalue weighted by Crippen LogP contribution is 2.23.